The van der Waals surface area contributed by atoms with Crippen molar-refractivity contribution in [2.24, 2.45) is 4.99 Å². The average molecular weight is 855 g/mol. The molecule has 2 aliphatic heterocycles. The van der Waals surface area contributed by atoms with Gasteiger partial charge in [0.1, 0.15) is 11.6 Å². The number of benzene rings is 9. The van der Waals surface area contributed by atoms with Crippen molar-refractivity contribution in [3.05, 3.63) is 304 Å². The number of nitrogens with zero attached hydrogens (tertiary/aromatic N) is 1. The maximum Gasteiger partial charge on any atom is 0.139 e. The van der Waals surface area contributed by atoms with Gasteiger partial charge in [-0.2, -0.15) is 0 Å². The van der Waals surface area contributed by atoms with E-state index in [9.17, 15) is 0 Å². The van der Waals surface area contributed by atoms with Gasteiger partial charge < -0.3 is 10.1 Å². The zero-order valence-corrected chi connectivity index (χ0v) is 36.6. The number of nitrogens with one attached hydrogen (secondary N) is 1. The number of hydrogen-bond acceptors (Lipinski definition) is 3. The number of fused-ring (bicyclic) bond motifs is 19. The summed E-state index contributed by atoms with van der Waals surface area (Å²) in [5.74, 6) is 1.66. The van der Waals surface area contributed by atoms with Crippen LogP contribution in [0.25, 0.3) is 44.3 Å². The summed E-state index contributed by atoms with van der Waals surface area (Å²) in [6.45, 7) is 4.59. The van der Waals surface area contributed by atoms with Crippen LogP contribution in [0.5, 0.6) is 5.75 Å². The third-order valence-corrected chi connectivity index (χ3v) is 15.0. The van der Waals surface area contributed by atoms with Gasteiger partial charge in [0.15, 0.2) is 0 Å². The van der Waals surface area contributed by atoms with Crippen molar-refractivity contribution in [1.82, 2.24) is 5.32 Å². The number of ether oxygens (including phenoxy) is 1. The lowest BCUT2D eigenvalue weighted by Gasteiger charge is -2.49. The fourth-order valence-corrected chi connectivity index (χ4v) is 12.4. The lowest BCUT2D eigenvalue weighted by Crippen LogP contribution is -2.44. The maximum absolute atomic E-state index is 6.93. The van der Waals surface area contributed by atoms with Gasteiger partial charge in [0, 0.05) is 22.3 Å². The largest absolute Gasteiger partial charge is 0.464 e. The first-order valence-corrected chi connectivity index (χ1v) is 23.2. The Morgan fingerprint density at radius 1 is 0.478 bits per heavy atom. The van der Waals surface area contributed by atoms with Crippen molar-refractivity contribution >= 4 is 27.9 Å². The van der Waals surface area contributed by atoms with Crippen molar-refractivity contribution in [2.45, 2.75) is 16.9 Å². The Kier molecular flexibility index (Phi) is 8.03. The molecule has 14 rings (SSSR count). The lowest BCUT2D eigenvalue weighted by atomic mass is 9.52. The van der Waals surface area contributed by atoms with Crippen LogP contribution in [-0.2, 0) is 10.8 Å². The smallest absolute Gasteiger partial charge is 0.139 e. The summed E-state index contributed by atoms with van der Waals surface area (Å²) >= 11 is 0. The minimum atomic E-state index is -0.765. The Balaban J connectivity index is 1.06. The predicted molar refractivity (Wildman–Crippen MR) is 273 cm³/mol. The third kappa shape index (κ3) is 5.09. The highest BCUT2D eigenvalue weighted by molar-refractivity contribution is 6.07. The second-order valence-corrected chi connectivity index (χ2v) is 18.2. The molecular formula is C64H42N2O. The van der Waals surface area contributed by atoms with E-state index in [1.165, 1.54) is 66.4 Å². The molecule has 0 aromatic heterocycles. The second-order valence-electron chi connectivity index (χ2n) is 18.2. The predicted octanol–water partition coefficient (Wildman–Crippen LogP) is 14.5. The van der Waals surface area contributed by atoms with E-state index in [0.29, 0.717) is 0 Å². The molecule has 9 aromatic rings. The molecule has 0 saturated carbocycles. The fourth-order valence-electron chi connectivity index (χ4n) is 12.4. The van der Waals surface area contributed by atoms with Crippen LogP contribution in [0.3, 0.4) is 0 Å². The van der Waals surface area contributed by atoms with E-state index in [-0.39, 0.29) is 6.04 Å². The fraction of sp³-hybridized carbons (Fsp3) is 0.0469. The van der Waals surface area contributed by atoms with Crippen molar-refractivity contribution in [3.63, 3.8) is 0 Å². The van der Waals surface area contributed by atoms with Crippen LogP contribution in [-0.4, -0.2) is 5.84 Å². The van der Waals surface area contributed by atoms with Gasteiger partial charge in [-0.3, -0.25) is 0 Å². The van der Waals surface area contributed by atoms with E-state index in [2.05, 4.69) is 224 Å². The molecule has 3 heteroatoms. The SMILES string of the molecule is C=C1/C=C\C=C/Oc2c1ccc1c2C2(c3ccc(C4=NC(c5cccc6ccccc56)=CC(c5ccccc5)N4)cc3-1)c1ccccc1C1(c3ccccc3-c3ccccc31)c1ccccc12. The minimum absolute atomic E-state index is 0.0982. The zero-order chi connectivity index (χ0) is 44.3. The van der Waals surface area contributed by atoms with E-state index in [1.54, 1.807) is 0 Å². The van der Waals surface area contributed by atoms with Gasteiger partial charge in [-0.05, 0) is 101 Å². The molecule has 0 amide bonds. The average Bonchev–Trinajstić information content (AvgIpc) is 3.85. The van der Waals surface area contributed by atoms with Crippen LogP contribution in [0.1, 0.15) is 72.8 Å². The summed E-state index contributed by atoms with van der Waals surface area (Å²) < 4.78 is 6.93. The van der Waals surface area contributed by atoms with Crippen molar-refractivity contribution in [2.75, 3.05) is 0 Å². The summed E-state index contributed by atoms with van der Waals surface area (Å²) in [6, 6.07) is 73.7. The highest BCUT2D eigenvalue weighted by Gasteiger charge is 2.60. The number of hydrogen-bond donors (Lipinski definition) is 1. The molecule has 1 N–H and O–H groups in total. The molecule has 3 aliphatic carbocycles. The van der Waals surface area contributed by atoms with Crippen LogP contribution in [0.2, 0.25) is 0 Å². The number of allylic oxidation sites excluding steroid dienone is 4. The van der Waals surface area contributed by atoms with Gasteiger partial charge in [-0.15, -0.1) is 0 Å². The van der Waals surface area contributed by atoms with Crippen LogP contribution in [0.4, 0.5) is 0 Å². The summed E-state index contributed by atoms with van der Waals surface area (Å²) in [5.41, 5.74) is 19.7. The summed E-state index contributed by atoms with van der Waals surface area (Å²) in [4.78, 5) is 5.51. The molecule has 67 heavy (non-hydrogen) atoms. The van der Waals surface area contributed by atoms with Crippen LogP contribution in [0.15, 0.2) is 242 Å². The van der Waals surface area contributed by atoms with E-state index in [0.717, 1.165) is 56.2 Å². The van der Waals surface area contributed by atoms with Crippen molar-refractivity contribution in [3.8, 4) is 28.0 Å². The number of amidine groups is 1. The molecule has 5 aliphatic rings. The van der Waals surface area contributed by atoms with Gasteiger partial charge in [0.2, 0.25) is 0 Å². The molecule has 0 fully saturated rings. The quantitative estimate of drug-likeness (QED) is 0.192. The van der Waals surface area contributed by atoms with Gasteiger partial charge in [0.25, 0.3) is 0 Å². The molecular weight excluding hydrogens is 813 g/mol. The second kappa shape index (κ2) is 14.2. The molecule has 9 aromatic carbocycles. The molecule has 1 atom stereocenters. The third-order valence-electron chi connectivity index (χ3n) is 15.0. The van der Waals surface area contributed by atoms with E-state index in [1.807, 2.05) is 18.4 Å². The van der Waals surface area contributed by atoms with E-state index in [4.69, 9.17) is 9.73 Å². The summed E-state index contributed by atoms with van der Waals surface area (Å²) in [7, 11) is 0. The number of aliphatic imine (C=N–C) groups is 1. The normalized spacial score (nSPS) is 18.0. The monoisotopic (exact) mass is 854 g/mol. The Morgan fingerprint density at radius 2 is 1.06 bits per heavy atom. The molecule has 314 valence electrons. The molecule has 2 spiro atoms. The molecule has 1 unspecified atom stereocenters. The molecule has 0 saturated heterocycles. The Labute approximate surface area is 390 Å². The minimum Gasteiger partial charge on any atom is -0.464 e. The maximum atomic E-state index is 6.93. The first-order chi connectivity index (χ1) is 33.2. The van der Waals surface area contributed by atoms with E-state index < -0.39 is 10.8 Å². The highest BCUT2D eigenvalue weighted by atomic mass is 16.5. The Bertz CT molecular complexity index is 3630. The van der Waals surface area contributed by atoms with E-state index >= 15 is 0 Å². The lowest BCUT2D eigenvalue weighted by molar-refractivity contribution is 0.465. The van der Waals surface area contributed by atoms with Crippen LogP contribution < -0.4 is 10.1 Å². The molecule has 0 bridgehead atoms. The van der Waals surface area contributed by atoms with Crippen molar-refractivity contribution in [1.29, 1.82) is 0 Å². The van der Waals surface area contributed by atoms with Crippen molar-refractivity contribution < 1.29 is 4.74 Å². The first-order valence-electron chi connectivity index (χ1n) is 23.2. The number of rotatable bonds is 3. The Hall–Kier alpha value is -8.53. The molecule has 2 heterocycles. The van der Waals surface area contributed by atoms with Crippen LogP contribution >= 0.6 is 0 Å². The van der Waals surface area contributed by atoms with Gasteiger partial charge in [0.05, 0.1) is 28.8 Å². The van der Waals surface area contributed by atoms with Crippen LogP contribution in [0, 0.1) is 0 Å². The van der Waals surface area contributed by atoms with Gasteiger partial charge in [-0.1, -0.05) is 213 Å². The van der Waals surface area contributed by atoms with Gasteiger partial charge in [-0.25, -0.2) is 4.99 Å². The van der Waals surface area contributed by atoms with Gasteiger partial charge >= 0.3 is 0 Å². The molecule has 3 nitrogen and oxygen atoms in total. The molecule has 0 radical (unpaired) electrons. The summed E-state index contributed by atoms with van der Waals surface area (Å²) in [5, 5.41) is 6.27. The summed E-state index contributed by atoms with van der Waals surface area (Å²) in [6.07, 6.45) is 10.1. The zero-order valence-electron chi connectivity index (χ0n) is 36.6. The topological polar surface area (TPSA) is 33.6 Å². The standard InChI is InChI=1S/C64H42N2O/c1-40-18-15-16-37-67-61-44(40)34-35-49-50-38-43(62-65-58(42-20-3-2-4-21-42)39-59(66-62)48-26-17-22-41-19-5-6-23-45(41)48)33-36-53(50)64(60(49)61)56-31-13-11-29-54(56)63(55-30-12-14-32-57(55)64)51-27-9-7-24-46(51)47-25-8-10-28-52(47)63/h2-39,58H,1H2,(H,65,66)/b18-15-,37-16-. The highest BCUT2D eigenvalue weighted by Crippen LogP contribution is 2.69. The Morgan fingerprint density at radius 3 is 1.79 bits per heavy atom. The first kappa shape index (κ1) is 37.8.